The molecule has 1 aromatic heterocycles. The highest BCUT2D eigenvalue weighted by Gasteiger charge is 2.47. The fourth-order valence-corrected chi connectivity index (χ4v) is 3.38. The number of nitrogens with one attached hydrogen (secondary N) is 1. The van der Waals surface area contributed by atoms with Gasteiger partial charge in [-0.25, -0.2) is 0 Å². The number of ether oxygens (including phenoxy) is 2. The van der Waals surface area contributed by atoms with Crippen molar-refractivity contribution in [3.8, 4) is 11.5 Å². The second kappa shape index (κ2) is 4.98. The molecule has 1 N–H and O–H groups in total. The van der Waals surface area contributed by atoms with Gasteiger partial charge in [-0.2, -0.15) is 5.10 Å². The smallest absolute Gasteiger partial charge is 0.273 e. The third kappa shape index (κ3) is 1.65. The Morgan fingerprint density at radius 1 is 1.25 bits per heavy atom. The minimum atomic E-state index is -0.568. The van der Waals surface area contributed by atoms with Crippen LogP contribution in [0, 0.1) is 0 Å². The van der Waals surface area contributed by atoms with Gasteiger partial charge < -0.3 is 14.8 Å². The van der Waals surface area contributed by atoms with Gasteiger partial charge in [-0.15, -0.1) is 0 Å². The lowest BCUT2D eigenvalue weighted by Gasteiger charge is -2.30. The zero-order chi connectivity index (χ0) is 17.0. The average molecular weight is 328 g/mol. The maximum absolute atomic E-state index is 13.0. The fraction of sp³-hybridized carbons (Fsp3) is 0.312. The second-order valence-corrected chi connectivity index (χ2v) is 5.51. The minimum Gasteiger partial charge on any atom is -0.493 e. The summed E-state index contributed by atoms with van der Waals surface area (Å²) in [5.41, 5.74) is 1.98. The first-order valence-electron chi connectivity index (χ1n) is 7.57. The van der Waals surface area contributed by atoms with Crippen LogP contribution in [-0.2, 0) is 6.54 Å². The van der Waals surface area contributed by atoms with E-state index >= 15 is 0 Å². The van der Waals surface area contributed by atoms with Crippen LogP contribution in [0.25, 0.3) is 0 Å². The topological polar surface area (TPSA) is 85.7 Å². The van der Waals surface area contributed by atoms with E-state index in [0.29, 0.717) is 40.6 Å². The highest BCUT2D eigenvalue weighted by atomic mass is 16.5. The lowest BCUT2D eigenvalue weighted by atomic mass is 10.1. The molecule has 8 nitrogen and oxygen atoms in total. The fourth-order valence-electron chi connectivity index (χ4n) is 3.38. The summed E-state index contributed by atoms with van der Waals surface area (Å²) in [5.74, 6) is 0.344. The molecule has 0 saturated carbocycles. The van der Waals surface area contributed by atoms with Crippen LogP contribution in [0.1, 0.15) is 39.5 Å². The molecule has 1 atom stereocenters. The highest BCUT2D eigenvalue weighted by molar-refractivity contribution is 6.17. The van der Waals surface area contributed by atoms with Gasteiger partial charge in [0.1, 0.15) is 11.9 Å². The second-order valence-electron chi connectivity index (χ2n) is 5.51. The molecule has 0 spiro atoms. The monoisotopic (exact) mass is 328 g/mol. The maximum atomic E-state index is 13.0. The first-order chi connectivity index (χ1) is 11.6. The molecule has 24 heavy (non-hydrogen) atoms. The zero-order valence-electron chi connectivity index (χ0n) is 13.5. The van der Waals surface area contributed by atoms with Crippen molar-refractivity contribution in [3.63, 3.8) is 0 Å². The SMILES string of the molecule is CCn1ncc2c1C(=O)N[C@H]1c3ccc(OC)c(OC)c3C(=O)N21. The molecule has 0 radical (unpaired) electrons. The van der Waals surface area contributed by atoms with Crippen molar-refractivity contribution in [3.05, 3.63) is 35.2 Å². The number of aryl methyl sites for hydroxylation is 1. The molecule has 0 unspecified atom stereocenters. The molecule has 0 bridgehead atoms. The summed E-state index contributed by atoms with van der Waals surface area (Å²) in [5, 5.41) is 7.09. The van der Waals surface area contributed by atoms with Gasteiger partial charge in [0.2, 0.25) is 0 Å². The number of amides is 2. The number of hydrogen-bond acceptors (Lipinski definition) is 5. The largest absolute Gasteiger partial charge is 0.493 e. The molecule has 2 aliphatic heterocycles. The van der Waals surface area contributed by atoms with Crippen LogP contribution in [0.5, 0.6) is 11.5 Å². The number of anilines is 1. The Labute approximate surface area is 137 Å². The van der Waals surface area contributed by atoms with Crippen LogP contribution >= 0.6 is 0 Å². The Balaban J connectivity index is 1.93. The third-order valence-corrected chi connectivity index (χ3v) is 4.43. The van der Waals surface area contributed by atoms with Gasteiger partial charge in [-0.3, -0.25) is 19.2 Å². The number of fused-ring (bicyclic) bond motifs is 5. The zero-order valence-corrected chi connectivity index (χ0v) is 13.5. The van der Waals surface area contributed by atoms with Crippen molar-refractivity contribution in [2.45, 2.75) is 19.6 Å². The molecule has 2 aliphatic rings. The number of carbonyl (C=O) groups excluding carboxylic acids is 2. The van der Waals surface area contributed by atoms with Crippen molar-refractivity contribution in [2.75, 3.05) is 19.1 Å². The molecule has 0 saturated heterocycles. The van der Waals surface area contributed by atoms with E-state index in [1.165, 1.54) is 14.2 Å². The summed E-state index contributed by atoms with van der Waals surface area (Å²) >= 11 is 0. The molecule has 124 valence electrons. The molecule has 1 aromatic carbocycles. The van der Waals surface area contributed by atoms with E-state index in [4.69, 9.17) is 9.47 Å². The van der Waals surface area contributed by atoms with Crippen LogP contribution in [-0.4, -0.2) is 35.8 Å². The lowest BCUT2D eigenvalue weighted by Crippen LogP contribution is -2.45. The molecule has 0 aliphatic carbocycles. The summed E-state index contributed by atoms with van der Waals surface area (Å²) in [6.45, 7) is 2.43. The number of nitrogens with zero attached hydrogens (tertiary/aromatic N) is 3. The van der Waals surface area contributed by atoms with Gasteiger partial charge in [0.15, 0.2) is 11.5 Å². The van der Waals surface area contributed by atoms with Crippen molar-refractivity contribution >= 4 is 17.5 Å². The van der Waals surface area contributed by atoms with Gasteiger partial charge >= 0.3 is 0 Å². The van der Waals surface area contributed by atoms with Crippen LogP contribution in [0.2, 0.25) is 0 Å². The molecule has 4 rings (SSSR count). The van der Waals surface area contributed by atoms with Gasteiger partial charge in [-0.05, 0) is 13.0 Å². The van der Waals surface area contributed by atoms with Crippen molar-refractivity contribution in [1.29, 1.82) is 0 Å². The summed E-state index contributed by atoms with van der Waals surface area (Å²) in [6.07, 6.45) is 0.986. The summed E-state index contributed by atoms with van der Waals surface area (Å²) in [6, 6.07) is 3.50. The van der Waals surface area contributed by atoms with E-state index in [2.05, 4.69) is 10.4 Å². The standard InChI is InChI=1S/C16H16N4O4/c1-4-19-12-9(7-17-19)20-14(18-15(12)21)8-5-6-10(23-2)13(24-3)11(8)16(20)22/h5-7,14H,4H2,1-3H3,(H,18,21)/t14-/m1/s1. The molecule has 8 heteroatoms. The Bertz CT molecular complexity index is 873. The van der Waals surface area contributed by atoms with Crippen LogP contribution in [0.15, 0.2) is 18.3 Å². The van der Waals surface area contributed by atoms with Gasteiger partial charge in [-0.1, -0.05) is 6.07 Å². The third-order valence-electron chi connectivity index (χ3n) is 4.43. The number of aromatic nitrogens is 2. The predicted octanol–water partition coefficient (Wildman–Crippen LogP) is 1.32. The summed E-state index contributed by atoms with van der Waals surface area (Å²) in [7, 11) is 3.00. The molecular weight excluding hydrogens is 312 g/mol. The van der Waals surface area contributed by atoms with E-state index in [1.54, 1.807) is 27.9 Å². The van der Waals surface area contributed by atoms with Crippen LogP contribution in [0.4, 0.5) is 5.69 Å². The Kier molecular flexibility index (Phi) is 3.02. The first kappa shape index (κ1) is 14.6. The van der Waals surface area contributed by atoms with Crippen molar-refractivity contribution in [2.24, 2.45) is 0 Å². The van der Waals surface area contributed by atoms with Crippen molar-refractivity contribution in [1.82, 2.24) is 15.1 Å². The van der Waals surface area contributed by atoms with E-state index in [9.17, 15) is 9.59 Å². The Morgan fingerprint density at radius 3 is 2.71 bits per heavy atom. The quantitative estimate of drug-likeness (QED) is 0.918. The first-order valence-corrected chi connectivity index (χ1v) is 7.57. The molecule has 3 heterocycles. The predicted molar refractivity (Wildman–Crippen MR) is 84.5 cm³/mol. The number of methoxy groups -OCH3 is 2. The van der Waals surface area contributed by atoms with E-state index in [1.807, 2.05) is 6.92 Å². The number of hydrogen-bond donors (Lipinski definition) is 1. The molecular formula is C16H16N4O4. The minimum absolute atomic E-state index is 0.248. The van der Waals surface area contributed by atoms with E-state index in [0.717, 1.165) is 0 Å². The van der Waals surface area contributed by atoms with Gasteiger partial charge in [0.25, 0.3) is 11.8 Å². The van der Waals surface area contributed by atoms with Crippen LogP contribution in [0.3, 0.4) is 0 Å². The number of carbonyl (C=O) groups is 2. The Hall–Kier alpha value is -3.03. The molecule has 2 amide bonds. The normalized spacial score (nSPS) is 18.0. The van der Waals surface area contributed by atoms with E-state index in [-0.39, 0.29) is 11.8 Å². The number of rotatable bonds is 3. The average Bonchev–Trinajstić information content (AvgIpc) is 3.14. The van der Waals surface area contributed by atoms with E-state index < -0.39 is 6.17 Å². The molecule has 0 fully saturated rings. The van der Waals surface area contributed by atoms with Crippen molar-refractivity contribution < 1.29 is 19.1 Å². The summed E-state index contributed by atoms with van der Waals surface area (Å²) < 4.78 is 12.2. The summed E-state index contributed by atoms with van der Waals surface area (Å²) in [4.78, 5) is 27.1. The molecule has 2 aromatic rings. The van der Waals surface area contributed by atoms with Gasteiger partial charge in [0.05, 0.1) is 31.7 Å². The highest BCUT2D eigenvalue weighted by Crippen LogP contribution is 2.46. The number of benzene rings is 1. The van der Waals surface area contributed by atoms with Crippen LogP contribution < -0.4 is 19.7 Å². The maximum Gasteiger partial charge on any atom is 0.273 e. The lowest BCUT2D eigenvalue weighted by molar-refractivity contribution is 0.0902. The Morgan fingerprint density at radius 2 is 2.04 bits per heavy atom. The van der Waals surface area contributed by atoms with Gasteiger partial charge in [0, 0.05) is 12.1 Å².